The van der Waals surface area contributed by atoms with E-state index in [2.05, 4.69) is 37.3 Å². The summed E-state index contributed by atoms with van der Waals surface area (Å²) in [5.41, 5.74) is 5.27. The van der Waals surface area contributed by atoms with Gasteiger partial charge < -0.3 is 9.47 Å². The number of fused-ring (bicyclic) bond motifs is 1. The largest absolute Gasteiger partial charge is 0.497 e. The summed E-state index contributed by atoms with van der Waals surface area (Å²) < 4.78 is 11.4. The second-order valence-electron chi connectivity index (χ2n) is 6.98. The van der Waals surface area contributed by atoms with E-state index in [-0.39, 0.29) is 0 Å². The SMILES string of the molecule is COC1=CC=CCC(c2nc(CCOc3ccc4c(c3)CCC4)c(C)s2)=C1. The molecule has 140 valence electrons. The Morgan fingerprint density at radius 3 is 2.96 bits per heavy atom. The lowest BCUT2D eigenvalue weighted by atomic mass is 10.1. The minimum absolute atomic E-state index is 0.658. The highest BCUT2D eigenvalue weighted by Crippen LogP contribution is 2.30. The fourth-order valence-electron chi connectivity index (χ4n) is 3.61. The maximum atomic E-state index is 6.01. The zero-order valence-corrected chi connectivity index (χ0v) is 16.8. The van der Waals surface area contributed by atoms with Crippen LogP contribution in [0.1, 0.15) is 39.5 Å². The molecule has 0 atom stereocenters. The highest BCUT2D eigenvalue weighted by molar-refractivity contribution is 7.12. The van der Waals surface area contributed by atoms with Crippen LogP contribution in [-0.2, 0) is 24.0 Å². The van der Waals surface area contributed by atoms with Crippen molar-refractivity contribution in [3.63, 3.8) is 0 Å². The molecule has 0 bridgehead atoms. The van der Waals surface area contributed by atoms with E-state index in [0.29, 0.717) is 6.61 Å². The van der Waals surface area contributed by atoms with Crippen LogP contribution >= 0.6 is 11.3 Å². The number of hydrogen-bond donors (Lipinski definition) is 0. The number of rotatable bonds is 6. The number of ether oxygens (including phenoxy) is 2. The Labute approximate surface area is 165 Å². The molecule has 2 aromatic rings. The average molecular weight is 380 g/mol. The van der Waals surface area contributed by atoms with Crippen molar-refractivity contribution in [1.29, 1.82) is 0 Å². The molecule has 4 heteroatoms. The fraction of sp³-hybridized carbons (Fsp3) is 0.348. The van der Waals surface area contributed by atoms with Gasteiger partial charge in [-0.15, -0.1) is 11.3 Å². The lowest BCUT2D eigenvalue weighted by molar-refractivity contribution is 0.307. The quantitative estimate of drug-likeness (QED) is 0.670. The second kappa shape index (κ2) is 8.13. The summed E-state index contributed by atoms with van der Waals surface area (Å²) in [5.74, 6) is 1.85. The molecular weight excluding hydrogens is 354 g/mol. The third-order valence-electron chi connectivity index (χ3n) is 5.13. The number of hydrogen-bond acceptors (Lipinski definition) is 4. The first-order valence-corrected chi connectivity index (χ1v) is 10.4. The van der Waals surface area contributed by atoms with Crippen LogP contribution in [0.4, 0.5) is 0 Å². The lowest BCUT2D eigenvalue weighted by Gasteiger charge is -2.07. The summed E-state index contributed by atoms with van der Waals surface area (Å²) in [5, 5.41) is 1.08. The van der Waals surface area contributed by atoms with Crippen LogP contribution in [0.5, 0.6) is 5.75 Å². The van der Waals surface area contributed by atoms with E-state index >= 15 is 0 Å². The average Bonchev–Trinajstić information content (AvgIpc) is 3.20. The number of aryl methyl sites for hydroxylation is 3. The number of allylic oxidation sites excluding steroid dienone is 5. The molecule has 1 aromatic heterocycles. The van der Waals surface area contributed by atoms with E-state index in [0.717, 1.165) is 35.1 Å². The summed E-state index contributed by atoms with van der Waals surface area (Å²) in [6.07, 6.45) is 13.6. The highest BCUT2D eigenvalue weighted by Gasteiger charge is 2.14. The summed E-state index contributed by atoms with van der Waals surface area (Å²) in [7, 11) is 1.70. The van der Waals surface area contributed by atoms with Gasteiger partial charge in [0, 0.05) is 11.3 Å². The van der Waals surface area contributed by atoms with Gasteiger partial charge >= 0.3 is 0 Å². The predicted octanol–water partition coefficient (Wildman–Crippen LogP) is 5.44. The normalized spacial score (nSPS) is 15.8. The number of nitrogens with zero attached hydrogens (tertiary/aromatic N) is 1. The van der Waals surface area contributed by atoms with Crippen LogP contribution in [0.25, 0.3) is 5.57 Å². The highest BCUT2D eigenvalue weighted by atomic mass is 32.1. The molecule has 0 amide bonds. The van der Waals surface area contributed by atoms with Gasteiger partial charge in [-0.05, 0) is 73.6 Å². The molecule has 0 saturated carbocycles. The van der Waals surface area contributed by atoms with E-state index in [1.165, 1.54) is 40.8 Å². The van der Waals surface area contributed by atoms with Crippen molar-refractivity contribution < 1.29 is 9.47 Å². The Balaban J connectivity index is 1.41. The van der Waals surface area contributed by atoms with E-state index in [1.807, 2.05) is 12.2 Å². The van der Waals surface area contributed by atoms with E-state index < -0.39 is 0 Å². The first-order chi connectivity index (χ1) is 13.2. The van der Waals surface area contributed by atoms with Crippen molar-refractivity contribution in [3.05, 3.63) is 75.0 Å². The molecule has 0 radical (unpaired) electrons. The van der Waals surface area contributed by atoms with E-state index in [1.54, 1.807) is 18.4 Å². The van der Waals surface area contributed by atoms with Crippen molar-refractivity contribution in [2.24, 2.45) is 0 Å². The third kappa shape index (κ3) is 4.16. The molecule has 0 N–H and O–H groups in total. The Kier molecular flexibility index (Phi) is 5.44. The summed E-state index contributed by atoms with van der Waals surface area (Å²) in [6.45, 7) is 2.80. The Morgan fingerprint density at radius 2 is 2.07 bits per heavy atom. The molecule has 0 fully saturated rings. The van der Waals surface area contributed by atoms with Gasteiger partial charge in [-0.2, -0.15) is 0 Å². The van der Waals surface area contributed by atoms with Crippen LogP contribution in [0.3, 0.4) is 0 Å². The molecule has 3 nitrogen and oxygen atoms in total. The van der Waals surface area contributed by atoms with E-state index in [9.17, 15) is 0 Å². The van der Waals surface area contributed by atoms with E-state index in [4.69, 9.17) is 14.5 Å². The number of aromatic nitrogens is 1. The van der Waals surface area contributed by atoms with Crippen LogP contribution in [0, 0.1) is 6.92 Å². The van der Waals surface area contributed by atoms with Crippen molar-refractivity contribution in [1.82, 2.24) is 4.98 Å². The molecular formula is C23H25NO2S. The van der Waals surface area contributed by atoms with Gasteiger partial charge in [0.1, 0.15) is 16.5 Å². The Morgan fingerprint density at radius 1 is 1.19 bits per heavy atom. The number of thiazole rings is 1. The molecule has 0 unspecified atom stereocenters. The van der Waals surface area contributed by atoms with Gasteiger partial charge in [-0.25, -0.2) is 4.98 Å². The maximum absolute atomic E-state index is 6.01. The van der Waals surface area contributed by atoms with Gasteiger partial charge in [0.15, 0.2) is 0 Å². The summed E-state index contributed by atoms with van der Waals surface area (Å²) >= 11 is 1.75. The maximum Gasteiger partial charge on any atom is 0.120 e. The first-order valence-electron chi connectivity index (χ1n) is 9.55. The second-order valence-corrected chi connectivity index (χ2v) is 8.18. The monoisotopic (exact) mass is 379 g/mol. The topological polar surface area (TPSA) is 31.4 Å². The Hall–Kier alpha value is -2.33. The zero-order chi connectivity index (χ0) is 18.6. The van der Waals surface area contributed by atoms with Crippen molar-refractivity contribution in [2.75, 3.05) is 13.7 Å². The predicted molar refractivity (Wildman–Crippen MR) is 111 cm³/mol. The molecule has 2 aliphatic carbocycles. The van der Waals surface area contributed by atoms with Gasteiger partial charge in [-0.1, -0.05) is 18.2 Å². The van der Waals surface area contributed by atoms with Crippen LogP contribution in [-0.4, -0.2) is 18.7 Å². The number of benzene rings is 1. The third-order valence-corrected chi connectivity index (χ3v) is 6.22. The smallest absolute Gasteiger partial charge is 0.120 e. The molecule has 27 heavy (non-hydrogen) atoms. The fourth-order valence-corrected chi connectivity index (χ4v) is 4.60. The van der Waals surface area contributed by atoms with Gasteiger partial charge in [-0.3, -0.25) is 0 Å². The molecule has 0 aliphatic heterocycles. The first kappa shape index (κ1) is 18.1. The van der Waals surface area contributed by atoms with Crippen LogP contribution in [0.2, 0.25) is 0 Å². The molecule has 4 rings (SSSR count). The Bertz CT molecular complexity index is 920. The molecule has 0 saturated heterocycles. The standard InChI is InChI=1S/C23H25NO2S/c1-16-22(12-13-26-21-11-10-17-7-5-8-18(17)14-21)24-23(27-16)19-6-3-4-9-20(15-19)25-2/h3-4,9-11,14-15H,5-8,12-13H2,1-2H3. The van der Waals surface area contributed by atoms with Crippen LogP contribution in [0.15, 0.2) is 48.3 Å². The van der Waals surface area contributed by atoms with Crippen molar-refractivity contribution >= 4 is 16.9 Å². The minimum Gasteiger partial charge on any atom is -0.497 e. The van der Waals surface area contributed by atoms with Crippen LogP contribution < -0.4 is 4.74 Å². The van der Waals surface area contributed by atoms with Gasteiger partial charge in [0.25, 0.3) is 0 Å². The summed E-state index contributed by atoms with van der Waals surface area (Å²) in [6, 6.07) is 6.53. The van der Waals surface area contributed by atoms with Crippen molar-refractivity contribution in [3.8, 4) is 5.75 Å². The van der Waals surface area contributed by atoms with Gasteiger partial charge in [0.05, 0.1) is 19.4 Å². The minimum atomic E-state index is 0.658. The number of methoxy groups -OCH3 is 1. The zero-order valence-electron chi connectivity index (χ0n) is 16.0. The molecule has 0 spiro atoms. The lowest BCUT2D eigenvalue weighted by Crippen LogP contribution is -2.03. The molecule has 2 aliphatic rings. The van der Waals surface area contributed by atoms with Gasteiger partial charge in [0.2, 0.25) is 0 Å². The summed E-state index contributed by atoms with van der Waals surface area (Å²) in [4.78, 5) is 6.15. The molecule has 1 heterocycles. The van der Waals surface area contributed by atoms with Crippen molar-refractivity contribution in [2.45, 2.75) is 39.0 Å². The molecule has 1 aromatic carbocycles.